The third-order valence-corrected chi connectivity index (χ3v) is 4.04. The van der Waals surface area contributed by atoms with Gasteiger partial charge in [-0.3, -0.25) is 9.59 Å². The Morgan fingerprint density at radius 2 is 1.70 bits per heavy atom. The highest BCUT2D eigenvalue weighted by Crippen LogP contribution is 2.37. The summed E-state index contributed by atoms with van der Waals surface area (Å²) in [6.07, 6.45) is 0. The van der Waals surface area contributed by atoms with Gasteiger partial charge in [-0.1, -0.05) is 18.2 Å². The smallest absolute Gasteiger partial charge is 0.237 e. The van der Waals surface area contributed by atoms with Crippen molar-refractivity contribution in [1.82, 2.24) is 9.78 Å². The van der Waals surface area contributed by atoms with Gasteiger partial charge < -0.3 is 5.73 Å². The molecule has 2 N–H and O–H groups in total. The Bertz CT molecular complexity index is 971. The predicted octanol–water partition coefficient (Wildman–Crippen LogP) is 2.81. The SMILES string of the molecule is Cc1nn(-c2ccccc2)c2c1C(=O)C(=O)c1cc(N)ccc1-2. The number of anilines is 1. The Labute approximate surface area is 132 Å². The van der Waals surface area contributed by atoms with Crippen molar-refractivity contribution in [3.8, 4) is 16.9 Å². The van der Waals surface area contributed by atoms with Crippen molar-refractivity contribution in [3.63, 3.8) is 0 Å². The predicted molar refractivity (Wildman–Crippen MR) is 86.8 cm³/mol. The molecule has 3 aromatic rings. The van der Waals surface area contributed by atoms with Crippen molar-refractivity contribution in [1.29, 1.82) is 0 Å². The summed E-state index contributed by atoms with van der Waals surface area (Å²) in [7, 11) is 0. The maximum Gasteiger partial charge on any atom is 0.237 e. The van der Waals surface area contributed by atoms with Gasteiger partial charge >= 0.3 is 0 Å². The fourth-order valence-electron chi connectivity index (χ4n) is 3.00. The van der Waals surface area contributed by atoms with Crippen LogP contribution in [0.1, 0.15) is 26.4 Å². The van der Waals surface area contributed by atoms with Crippen molar-refractivity contribution in [2.24, 2.45) is 0 Å². The maximum absolute atomic E-state index is 12.5. The number of carbonyl (C=O) groups is 2. The van der Waals surface area contributed by atoms with E-state index in [0.29, 0.717) is 33.8 Å². The lowest BCUT2D eigenvalue weighted by atomic mass is 9.86. The van der Waals surface area contributed by atoms with Crippen LogP contribution in [-0.2, 0) is 0 Å². The topological polar surface area (TPSA) is 78.0 Å². The number of nitrogens with zero attached hydrogens (tertiary/aromatic N) is 2. The number of nitrogen functional groups attached to an aromatic ring is 1. The number of Topliss-reactive ketones (excluding diaryl/α,β-unsaturated/α-hetero) is 2. The van der Waals surface area contributed by atoms with E-state index in [0.717, 1.165) is 5.69 Å². The van der Waals surface area contributed by atoms with Crippen LogP contribution in [0.15, 0.2) is 48.5 Å². The van der Waals surface area contributed by atoms with Gasteiger partial charge in [-0.15, -0.1) is 0 Å². The number of carbonyl (C=O) groups excluding carboxylic acids is 2. The van der Waals surface area contributed by atoms with Crippen LogP contribution in [0.2, 0.25) is 0 Å². The van der Waals surface area contributed by atoms with Crippen LogP contribution < -0.4 is 5.73 Å². The number of fused-ring (bicyclic) bond motifs is 3. The fraction of sp³-hybridized carbons (Fsp3) is 0.0556. The molecule has 0 unspecified atom stereocenters. The van der Waals surface area contributed by atoms with Crippen LogP contribution in [0.3, 0.4) is 0 Å². The molecule has 0 spiro atoms. The first kappa shape index (κ1) is 13.5. The zero-order valence-electron chi connectivity index (χ0n) is 12.4. The summed E-state index contributed by atoms with van der Waals surface area (Å²) in [5.74, 6) is -1.06. The molecule has 5 heteroatoms. The lowest BCUT2D eigenvalue weighted by Crippen LogP contribution is -2.22. The summed E-state index contributed by atoms with van der Waals surface area (Å²) >= 11 is 0. The molecule has 0 saturated heterocycles. The van der Waals surface area contributed by atoms with Crippen molar-refractivity contribution < 1.29 is 9.59 Å². The molecule has 112 valence electrons. The van der Waals surface area contributed by atoms with Gasteiger partial charge in [-0.05, 0) is 37.3 Å². The largest absolute Gasteiger partial charge is 0.399 e. The lowest BCUT2D eigenvalue weighted by Gasteiger charge is -2.17. The molecule has 1 aliphatic carbocycles. The van der Waals surface area contributed by atoms with E-state index in [-0.39, 0.29) is 0 Å². The van der Waals surface area contributed by atoms with Gasteiger partial charge in [-0.25, -0.2) is 4.68 Å². The molecule has 4 rings (SSSR count). The Balaban J connectivity index is 2.09. The molecule has 0 fully saturated rings. The molecule has 0 aliphatic heterocycles. The minimum absolute atomic E-state index is 0.333. The highest BCUT2D eigenvalue weighted by Gasteiger charge is 2.35. The van der Waals surface area contributed by atoms with E-state index < -0.39 is 11.6 Å². The van der Waals surface area contributed by atoms with Gasteiger partial charge in [0.2, 0.25) is 11.6 Å². The number of aromatic nitrogens is 2. The quantitative estimate of drug-likeness (QED) is 0.554. The molecule has 0 saturated carbocycles. The molecule has 0 bridgehead atoms. The van der Waals surface area contributed by atoms with E-state index in [2.05, 4.69) is 5.10 Å². The standard InChI is InChI=1S/C18H13N3O2/c1-10-15-16(21(20-10)12-5-3-2-4-6-12)13-8-7-11(19)9-14(13)17(22)18(15)23/h2-9H,19H2,1H3. The third kappa shape index (κ3) is 1.83. The van der Waals surface area contributed by atoms with Crippen LogP contribution in [-0.4, -0.2) is 21.3 Å². The van der Waals surface area contributed by atoms with E-state index in [1.165, 1.54) is 0 Å². The third-order valence-electron chi connectivity index (χ3n) is 4.04. The van der Waals surface area contributed by atoms with Gasteiger partial charge in [0.05, 0.1) is 22.6 Å². The number of rotatable bonds is 1. The first-order valence-corrected chi connectivity index (χ1v) is 7.22. The number of aryl methyl sites for hydroxylation is 1. The number of hydrogen-bond acceptors (Lipinski definition) is 4. The van der Waals surface area contributed by atoms with E-state index in [1.807, 2.05) is 30.3 Å². The molecule has 0 amide bonds. The second-order valence-electron chi connectivity index (χ2n) is 5.52. The average molecular weight is 303 g/mol. The highest BCUT2D eigenvalue weighted by molar-refractivity contribution is 6.53. The molecular weight excluding hydrogens is 290 g/mol. The molecule has 0 atom stereocenters. The summed E-state index contributed by atoms with van der Waals surface area (Å²) in [6, 6.07) is 14.6. The normalized spacial score (nSPS) is 12.9. The number of para-hydroxylation sites is 1. The molecule has 1 heterocycles. The van der Waals surface area contributed by atoms with Gasteiger partial charge in [-0.2, -0.15) is 5.10 Å². The van der Waals surface area contributed by atoms with Gasteiger partial charge in [0, 0.05) is 16.8 Å². The van der Waals surface area contributed by atoms with Crippen LogP contribution in [0.25, 0.3) is 16.9 Å². The van der Waals surface area contributed by atoms with Crippen LogP contribution in [0.5, 0.6) is 0 Å². The second kappa shape index (κ2) is 4.64. The zero-order valence-corrected chi connectivity index (χ0v) is 12.4. The average Bonchev–Trinajstić information content (AvgIpc) is 2.91. The Kier molecular flexibility index (Phi) is 2.72. The molecule has 5 nitrogen and oxygen atoms in total. The second-order valence-corrected chi connectivity index (χ2v) is 5.52. The van der Waals surface area contributed by atoms with Crippen molar-refractivity contribution >= 4 is 17.3 Å². The summed E-state index contributed by atoms with van der Waals surface area (Å²) in [4.78, 5) is 24.9. The highest BCUT2D eigenvalue weighted by atomic mass is 16.2. The molecule has 0 radical (unpaired) electrons. The first-order valence-electron chi connectivity index (χ1n) is 7.22. The van der Waals surface area contributed by atoms with Crippen LogP contribution in [0.4, 0.5) is 5.69 Å². The van der Waals surface area contributed by atoms with E-state index in [1.54, 1.807) is 29.8 Å². The molecule has 2 aromatic carbocycles. The van der Waals surface area contributed by atoms with Crippen molar-refractivity contribution in [3.05, 3.63) is 65.4 Å². The van der Waals surface area contributed by atoms with Gasteiger partial charge in [0.15, 0.2) is 0 Å². The van der Waals surface area contributed by atoms with E-state index >= 15 is 0 Å². The van der Waals surface area contributed by atoms with Gasteiger partial charge in [0.25, 0.3) is 0 Å². The zero-order chi connectivity index (χ0) is 16.1. The minimum atomic E-state index is -0.532. The van der Waals surface area contributed by atoms with Gasteiger partial charge in [0.1, 0.15) is 0 Å². The summed E-state index contributed by atoms with van der Waals surface area (Å²) in [6.45, 7) is 1.74. The molecular formula is C18H13N3O2. The fourth-order valence-corrected chi connectivity index (χ4v) is 3.00. The number of benzene rings is 2. The number of ketones is 2. The Morgan fingerprint density at radius 1 is 0.957 bits per heavy atom. The summed E-state index contributed by atoms with van der Waals surface area (Å²) in [5, 5.41) is 4.48. The number of hydrogen-bond donors (Lipinski definition) is 1. The van der Waals surface area contributed by atoms with Crippen molar-refractivity contribution in [2.75, 3.05) is 5.73 Å². The molecule has 1 aromatic heterocycles. The minimum Gasteiger partial charge on any atom is -0.399 e. The van der Waals surface area contributed by atoms with Crippen LogP contribution in [0, 0.1) is 6.92 Å². The number of nitrogens with two attached hydrogens (primary N) is 1. The monoisotopic (exact) mass is 303 g/mol. The Hall–Kier alpha value is -3.21. The van der Waals surface area contributed by atoms with Crippen LogP contribution >= 0.6 is 0 Å². The molecule has 23 heavy (non-hydrogen) atoms. The summed E-state index contributed by atoms with van der Waals surface area (Å²) < 4.78 is 1.71. The molecule has 1 aliphatic rings. The summed E-state index contributed by atoms with van der Waals surface area (Å²) in [5.41, 5.74) is 9.65. The Morgan fingerprint density at radius 3 is 2.43 bits per heavy atom. The lowest BCUT2D eigenvalue weighted by molar-refractivity contribution is 0.0815. The van der Waals surface area contributed by atoms with E-state index in [4.69, 9.17) is 5.73 Å². The maximum atomic E-state index is 12.5. The van der Waals surface area contributed by atoms with Crippen molar-refractivity contribution in [2.45, 2.75) is 6.92 Å². The first-order chi connectivity index (χ1) is 11.1. The van der Waals surface area contributed by atoms with E-state index in [9.17, 15) is 9.59 Å².